The maximum absolute atomic E-state index is 6.10. The number of nitrogens with zero attached hydrogens (tertiary/aromatic N) is 1. The second kappa shape index (κ2) is 7.20. The van der Waals surface area contributed by atoms with Gasteiger partial charge in [0.25, 0.3) is 0 Å². The Hall–Kier alpha value is -1.11. The molecular formula is C17H17BrN2OS2. The Morgan fingerprint density at radius 1 is 1.13 bits per heavy atom. The highest BCUT2D eigenvalue weighted by atomic mass is 79.9. The average molecular weight is 409 g/mol. The van der Waals surface area contributed by atoms with Gasteiger partial charge in [-0.2, -0.15) is 5.10 Å². The molecular weight excluding hydrogens is 392 g/mol. The molecule has 0 fully saturated rings. The van der Waals surface area contributed by atoms with E-state index in [-0.39, 0.29) is 0 Å². The van der Waals surface area contributed by atoms with E-state index < -0.39 is 0 Å². The zero-order valence-electron chi connectivity index (χ0n) is 13.1. The van der Waals surface area contributed by atoms with Crippen LogP contribution in [0.2, 0.25) is 0 Å². The predicted octanol–water partition coefficient (Wildman–Crippen LogP) is 6.34. The Morgan fingerprint density at radius 3 is 2.52 bits per heavy atom. The zero-order chi connectivity index (χ0) is 16.4. The molecule has 0 saturated carbocycles. The number of halogens is 1. The third kappa shape index (κ3) is 3.87. The van der Waals surface area contributed by atoms with Gasteiger partial charge in [0.15, 0.2) is 5.75 Å². The van der Waals surface area contributed by atoms with Crippen LogP contribution in [0.4, 0.5) is 0 Å². The first kappa shape index (κ1) is 16.7. The molecule has 1 N–H and O–H groups in total. The van der Waals surface area contributed by atoms with Gasteiger partial charge >= 0.3 is 0 Å². The molecule has 2 aromatic carbocycles. The fraction of sp³-hybridized carbons (Fsp3) is 0.235. The molecule has 0 aliphatic rings. The zero-order valence-corrected chi connectivity index (χ0v) is 16.3. The largest absolute Gasteiger partial charge is 0.455 e. The molecule has 0 unspecified atom stereocenters. The van der Waals surface area contributed by atoms with E-state index in [1.807, 2.05) is 23.9 Å². The number of hydrogen-bond donors (Lipinski definition) is 1. The number of nitrogens with one attached hydrogen (secondary N) is 1. The van der Waals surface area contributed by atoms with Crippen molar-refractivity contribution in [1.82, 2.24) is 10.2 Å². The Morgan fingerprint density at radius 2 is 1.87 bits per heavy atom. The van der Waals surface area contributed by atoms with Crippen LogP contribution in [-0.4, -0.2) is 21.7 Å². The molecule has 1 aromatic heterocycles. The maximum Gasteiger partial charge on any atom is 0.156 e. The summed E-state index contributed by atoms with van der Waals surface area (Å²) < 4.78 is 6.98. The highest BCUT2D eigenvalue weighted by Gasteiger charge is 2.13. The Bertz CT molecular complexity index is 815. The summed E-state index contributed by atoms with van der Waals surface area (Å²) in [6.45, 7) is 4.36. The molecule has 0 aliphatic heterocycles. The van der Waals surface area contributed by atoms with Crippen LogP contribution in [0.5, 0.6) is 11.5 Å². The lowest BCUT2D eigenvalue weighted by Crippen LogP contribution is -1.90. The maximum atomic E-state index is 6.10. The standard InChI is InChI=1S/C17H17BrN2OS2/c1-10(2)23-13-8-14-16(19-20-17(14)18)15(9-13)21-11-4-6-12(22-3)7-5-11/h4-10H,1-3H3,(H,19,20). The summed E-state index contributed by atoms with van der Waals surface area (Å²) >= 11 is 7.05. The van der Waals surface area contributed by atoms with Crippen molar-refractivity contribution in [2.45, 2.75) is 28.9 Å². The van der Waals surface area contributed by atoms with E-state index in [0.29, 0.717) is 5.25 Å². The average Bonchev–Trinajstić information content (AvgIpc) is 2.89. The molecule has 6 heteroatoms. The summed E-state index contributed by atoms with van der Waals surface area (Å²) in [7, 11) is 0. The lowest BCUT2D eigenvalue weighted by molar-refractivity contribution is 0.485. The van der Waals surface area contributed by atoms with Crippen LogP contribution in [0.1, 0.15) is 13.8 Å². The van der Waals surface area contributed by atoms with Gasteiger partial charge in [-0.15, -0.1) is 23.5 Å². The molecule has 23 heavy (non-hydrogen) atoms. The molecule has 0 bridgehead atoms. The summed E-state index contributed by atoms with van der Waals surface area (Å²) in [5.74, 6) is 1.58. The van der Waals surface area contributed by atoms with E-state index in [9.17, 15) is 0 Å². The lowest BCUT2D eigenvalue weighted by Gasteiger charge is -2.10. The summed E-state index contributed by atoms with van der Waals surface area (Å²) in [5, 5.41) is 8.87. The fourth-order valence-electron chi connectivity index (χ4n) is 2.22. The topological polar surface area (TPSA) is 37.9 Å². The van der Waals surface area contributed by atoms with Crippen molar-refractivity contribution >= 4 is 50.4 Å². The van der Waals surface area contributed by atoms with Gasteiger partial charge in [0.05, 0.1) is 0 Å². The normalized spacial score (nSPS) is 11.3. The number of benzene rings is 2. The molecule has 3 nitrogen and oxygen atoms in total. The van der Waals surface area contributed by atoms with E-state index in [1.165, 1.54) is 9.79 Å². The Kier molecular flexibility index (Phi) is 5.24. The molecule has 0 spiro atoms. The van der Waals surface area contributed by atoms with Crippen molar-refractivity contribution in [2.75, 3.05) is 6.26 Å². The minimum atomic E-state index is 0.506. The Balaban J connectivity index is 2.00. The summed E-state index contributed by atoms with van der Waals surface area (Å²) in [5.41, 5.74) is 0.832. The number of ether oxygens (including phenoxy) is 1. The quantitative estimate of drug-likeness (QED) is 0.499. The number of aromatic amines is 1. The molecule has 1 heterocycles. The highest BCUT2D eigenvalue weighted by Crippen LogP contribution is 2.37. The fourth-order valence-corrected chi connectivity index (χ4v) is 3.92. The first-order valence-electron chi connectivity index (χ1n) is 7.23. The molecule has 3 rings (SSSR count). The van der Waals surface area contributed by atoms with Gasteiger partial charge in [-0.3, -0.25) is 5.10 Å². The highest BCUT2D eigenvalue weighted by molar-refractivity contribution is 9.10. The molecule has 0 saturated heterocycles. The van der Waals surface area contributed by atoms with Crippen molar-refractivity contribution in [2.24, 2.45) is 0 Å². The lowest BCUT2D eigenvalue weighted by atomic mass is 10.2. The van der Waals surface area contributed by atoms with Crippen molar-refractivity contribution in [3.8, 4) is 11.5 Å². The minimum absolute atomic E-state index is 0.506. The van der Waals surface area contributed by atoms with Gasteiger partial charge in [0, 0.05) is 20.4 Å². The monoisotopic (exact) mass is 408 g/mol. The van der Waals surface area contributed by atoms with Crippen LogP contribution >= 0.6 is 39.5 Å². The van der Waals surface area contributed by atoms with E-state index in [4.69, 9.17) is 4.74 Å². The van der Waals surface area contributed by atoms with E-state index >= 15 is 0 Å². The van der Waals surface area contributed by atoms with Gasteiger partial charge in [-0.25, -0.2) is 0 Å². The van der Waals surface area contributed by atoms with Gasteiger partial charge in [0.1, 0.15) is 15.9 Å². The SMILES string of the molecule is CSc1ccc(Oc2cc(SC(C)C)cc3c(Br)[nH]nc23)cc1. The number of fused-ring (bicyclic) bond motifs is 1. The first-order valence-corrected chi connectivity index (χ1v) is 10.1. The third-order valence-electron chi connectivity index (χ3n) is 3.21. The van der Waals surface area contributed by atoms with Crippen LogP contribution in [0.15, 0.2) is 50.8 Å². The molecule has 120 valence electrons. The van der Waals surface area contributed by atoms with Gasteiger partial charge in [-0.1, -0.05) is 13.8 Å². The number of H-pyrrole nitrogens is 1. The number of thioether (sulfide) groups is 2. The van der Waals surface area contributed by atoms with Crippen LogP contribution in [-0.2, 0) is 0 Å². The van der Waals surface area contributed by atoms with E-state index in [0.717, 1.165) is 27.0 Å². The van der Waals surface area contributed by atoms with Crippen molar-refractivity contribution in [3.63, 3.8) is 0 Å². The van der Waals surface area contributed by atoms with Gasteiger partial charge in [-0.05, 0) is 58.6 Å². The molecule has 3 aromatic rings. The van der Waals surface area contributed by atoms with Crippen LogP contribution in [0.25, 0.3) is 10.9 Å². The number of hydrogen-bond acceptors (Lipinski definition) is 4. The van der Waals surface area contributed by atoms with Crippen LogP contribution in [0.3, 0.4) is 0 Å². The number of aromatic nitrogens is 2. The molecule has 0 atom stereocenters. The first-order chi connectivity index (χ1) is 11.1. The second-order valence-electron chi connectivity index (χ2n) is 5.30. The van der Waals surface area contributed by atoms with Gasteiger partial charge in [0.2, 0.25) is 0 Å². The summed E-state index contributed by atoms with van der Waals surface area (Å²) in [4.78, 5) is 2.39. The van der Waals surface area contributed by atoms with E-state index in [2.05, 4.69) is 70.5 Å². The smallest absolute Gasteiger partial charge is 0.156 e. The third-order valence-corrected chi connectivity index (χ3v) is 5.54. The Labute approximate surface area is 152 Å². The van der Waals surface area contributed by atoms with Crippen LogP contribution in [0, 0.1) is 0 Å². The van der Waals surface area contributed by atoms with Crippen molar-refractivity contribution in [3.05, 3.63) is 41.0 Å². The minimum Gasteiger partial charge on any atom is -0.455 e. The molecule has 0 amide bonds. The summed E-state index contributed by atoms with van der Waals surface area (Å²) in [6.07, 6.45) is 2.06. The molecule has 0 aliphatic carbocycles. The number of rotatable bonds is 5. The van der Waals surface area contributed by atoms with Crippen LogP contribution < -0.4 is 4.74 Å². The van der Waals surface area contributed by atoms with E-state index in [1.54, 1.807) is 11.8 Å². The molecule has 0 radical (unpaired) electrons. The second-order valence-corrected chi connectivity index (χ2v) is 8.62. The summed E-state index contributed by atoms with van der Waals surface area (Å²) in [6, 6.07) is 12.3. The van der Waals surface area contributed by atoms with Crippen molar-refractivity contribution in [1.29, 1.82) is 0 Å². The van der Waals surface area contributed by atoms with Gasteiger partial charge < -0.3 is 4.74 Å². The van der Waals surface area contributed by atoms with Crippen molar-refractivity contribution < 1.29 is 4.74 Å². The predicted molar refractivity (Wildman–Crippen MR) is 103 cm³/mol.